The van der Waals surface area contributed by atoms with Gasteiger partial charge in [0.2, 0.25) is 0 Å². The minimum Gasteiger partial charge on any atom is -0.386 e. The molecule has 0 spiro atoms. The molecule has 3 aromatic rings. The summed E-state index contributed by atoms with van der Waals surface area (Å²) in [7, 11) is 0. The maximum Gasteiger partial charge on any atom is 0.105 e. The van der Waals surface area contributed by atoms with Crippen LogP contribution in [0.4, 0.5) is 0 Å². The summed E-state index contributed by atoms with van der Waals surface area (Å²) < 4.78 is 0. The lowest BCUT2D eigenvalue weighted by Crippen LogP contribution is -2.17. The van der Waals surface area contributed by atoms with Crippen molar-refractivity contribution in [3.63, 3.8) is 0 Å². The second kappa shape index (κ2) is 8.22. The van der Waals surface area contributed by atoms with Crippen LogP contribution in [-0.2, 0) is 0 Å². The van der Waals surface area contributed by atoms with Gasteiger partial charge in [-0.25, -0.2) is 0 Å². The Hall–Kier alpha value is -2.97. The van der Waals surface area contributed by atoms with Crippen molar-refractivity contribution in [1.82, 2.24) is 0 Å². The third-order valence-electron chi connectivity index (χ3n) is 4.08. The zero-order valence-corrected chi connectivity index (χ0v) is 14.0. The summed E-state index contributed by atoms with van der Waals surface area (Å²) in [5.41, 5.74) is 3.71. The monoisotopic (exact) mass is 327 g/mol. The highest BCUT2D eigenvalue weighted by molar-refractivity contribution is 6.13. The van der Waals surface area contributed by atoms with E-state index in [9.17, 15) is 5.11 Å². The number of aliphatic hydroxyl groups is 1. The molecule has 0 amide bonds. The van der Waals surface area contributed by atoms with Gasteiger partial charge in [-0.15, -0.1) is 6.58 Å². The Labute approximate surface area is 148 Å². The molecule has 0 saturated heterocycles. The Balaban J connectivity index is 2.03. The number of benzene rings is 3. The minimum absolute atomic E-state index is 0.433. The predicted molar refractivity (Wildman–Crippen MR) is 104 cm³/mol. The van der Waals surface area contributed by atoms with E-state index in [1.807, 2.05) is 91.0 Å². The van der Waals surface area contributed by atoms with Crippen molar-refractivity contribution in [3.05, 3.63) is 120 Å². The number of aliphatic hydroxyl groups excluding tert-OH is 1. The molecule has 25 heavy (non-hydrogen) atoms. The fourth-order valence-electron chi connectivity index (χ4n) is 2.76. The van der Waals surface area contributed by atoms with Gasteiger partial charge in [-0.05, 0) is 5.56 Å². The van der Waals surface area contributed by atoms with Crippen LogP contribution in [0.2, 0.25) is 0 Å². The van der Waals surface area contributed by atoms with E-state index in [1.165, 1.54) is 0 Å². The van der Waals surface area contributed by atoms with E-state index in [4.69, 9.17) is 4.99 Å². The maximum absolute atomic E-state index is 10.7. The lowest BCUT2D eigenvalue weighted by atomic mass is 9.99. The molecule has 2 heteroatoms. The molecule has 1 N–H and O–H groups in total. The van der Waals surface area contributed by atoms with E-state index in [0.717, 1.165) is 22.4 Å². The quantitative estimate of drug-likeness (QED) is 0.511. The molecule has 0 aliphatic carbocycles. The number of rotatable bonds is 6. The van der Waals surface area contributed by atoms with Crippen LogP contribution in [0.3, 0.4) is 0 Å². The molecule has 0 fully saturated rings. The Kier molecular flexibility index (Phi) is 5.55. The van der Waals surface area contributed by atoms with Gasteiger partial charge in [0.15, 0.2) is 0 Å². The van der Waals surface area contributed by atoms with Gasteiger partial charge in [0.05, 0.1) is 11.8 Å². The van der Waals surface area contributed by atoms with Gasteiger partial charge in [-0.2, -0.15) is 0 Å². The Morgan fingerprint density at radius 2 is 1.20 bits per heavy atom. The minimum atomic E-state index is -0.735. The average Bonchev–Trinajstić information content (AvgIpc) is 2.70. The summed E-state index contributed by atoms with van der Waals surface area (Å²) >= 11 is 0. The van der Waals surface area contributed by atoms with Crippen LogP contribution in [-0.4, -0.2) is 16.9 Å². The first-order chi connectivity index (χ1) is 12.3. The normalized spacial score (nSPS) is 12.8. The fraction of sp³-hybridized carbons (Fsp3) is 0.0870. The molecule has 3 rings (SSSR count). The van der Waals surface area contributed by atoms with Crippen LogP contribution in [0.1, 0.15) is 22.8 Å². The summed E-state index contributed by atoms with van der Waals surface area (Å²) in [4.78, 5) is 4.86. The highest BCUT2D eigenvalue weighted by Crippen LogP contribution is 2.22. The van der Waals surface area contributed by atoms with Crippen LogP contribution in [0.5, 0.6) is 0 Å². The topological polar surface area (TPSA) is 32.6 Å². The highest BCUT2D eigenvalue weighted by atomic mass is 16.3. The SMILES string of the molecule is C=C[C@H](N=C(c1ccccc1)c1ccccc1)[C@H](O)c1ccccc1. The van der Waals surface area contributed by atoms with Crippen LogP contribution in [0, 0.1) is 0 Å². The molecule has 124 valence electrons. The molecule has 0 saturated carbocycles. The molecule has 0 radical (unpaired) electrons. The Morgan fingerprint density at radius 3 is 1.64 bits per heavy atom. The van der Waals surface area contributed by atoms with Gasteiger partial charge in [0.25, 0.3) is 0 Å². The Morgan fingerprint density at radius 1 is 0.760 bits per heavy atom. The van der Waals surface area contributed by atoms with E-state index in [0.29, 0.717) is 0 Å². The number of hydrogen-bond donors (Lipinski definition) is 1. The zero-order chi connectivity index (χ0) is 17.5. The van der Waals surface area contributed by atoms with E-state index in [2.05, 4.69) is 6.58 Å². The molecule has 0 aliphatic rings. The molecule has 2 atom stereocenters. The molecule has 2 nitrogen and oxygen atoms in total. The first-order valence-electron chi connectivity index (χ1n) is 8.34. The van der Waals surface area contributed by atoms with Crippen LogP contribution < -0.4 is 0 Å². The van der Waals surface area contributed by atoms with Gasteiger partial charge in [0.1, 0.15) is 6.10 Å². The zero-order valence-electron chi connectivity index (χ0n) is 14.0. The predicted octanol–water partition coefficient (Wildman–Crippen LogP) is 4.81. The summed E-state index contributed by atoms with van der Waals surface area (Å²) in [5.74, 6) is 0. The summed E-state index contributed by atoms with van der Waals surface area (Å²) in [5, 5.41) is 10.7. The van der Waals surface area contributed by atoms with E-state index < -0.39 is 12.1 Å². The van der Waals surface area contributed by atoms with Crippen molar-refractivity contribution in [3.8, 4) is 0 Å². The lowest BCUT2D eigenvalue weighted by molar-refractivity contribution is 0.164. The molecular weight excluding hydrogens is 306 g/mol. The number of hydrogen-bond acceptors (Lipinski definition) is 2. The third kappa shape index (κ3) is 4.11. The van der Waals surface area contributed by atoms with E-state index in [1.54, 1.807) is 6.08 Å². The molecule has 0 aromatic heterocycles. The summed E-state index contributed by atoms with van der Waals surface area (Å²) in [6.07, 6.45) is 0.963. The summed E-state index contributed by atoms with van der Waals surface area (Å²) in [6.45, 7) is 3.88. The van der Waals surface area contributed by atoms with Crippen molar-refractivity contribution < 1.29 is 5.11 Å². The molecule has 0 unspecified atom stereocenters. The highest BCUT2D eigenvalue weighted by Gasteiger charge is 2.19. The molecule has 0 aliphatic heterocycles. The molecule has 0 heterocycles. The average molecular weight is 327 g/mol. The molecular formula is C23H21NO. The van der Waals surface area contributed by atoms with Crippen LogP contribution in [0.25, 0.3) is 0 Å². The van der Waals surface area contributed by atoms with Gasteiger partial charge < -0.3 is 5.11 Å². The Bertz CT molecular complexity index is 784. The van der Waals surface area contributed by atoms with Crippen molar-refractivity contribution >= 4 is 5.71 Å². The van der Waals surface area contributed by atoms with Gasteiger partial charge in [0, 0.05) is 11.1 Å². The molecule has 0 bridgehead atoms. The third-order valence-corrected chi connectivity index (χ3v) is 4.08. The lowest BCUT2D eigenvalue weighted by Gasteiger charge is -2.19. The number of nitrogens with zero attached hydrogens (tertiary/aromatic N) is 1. The standard InChI is InChI=1S/C23H21NO/c1-2-21(23(25)20-16-10-5-11-17-20)24-22(18-12-6-3-7-13-18)19-14-8-4-9-15-19/h2-17,21,23,25H,1H2/t21-,23+/m0/s1. The van der Waals surface area contributed by atoms with Crippen molar-refractivity contribution in [1.29, 1.82) is 0 Å². The first kappa shape index (κ1) is 16.9. The smallest absolute Gasteiger partial charge is 0.105 e. The number of aliphatic imine (C=N–C) groups is 1. The fourth-order valence-corrected chi connectivity index (χ4v) is 2.76. The largest absolute Gasteiger partial charge is 0.386 e. The van der Waals surface area contributed by atoms with Crippen molar-refractivity contribution in [2.75, 3.05) is 0 Å². The van der Waals surface area contributed by atoms with Gasteiger partial charge in [-0.3, -0.25) is 4.99 Å². The molecule has 3 aromatic carbocycles. The van der Waals surface area contributed by atoms with E-state index >= 15 is 0 Å². The van der Waals surface area contributed by atoms with E-state index in [-0.39, 0.29) is 0 Å². The van der Waals surface area contributed by atoms with Gasteiger partial charge >= 0.3 is 0 Å². The van der Waals surface area contributed by atoms with Crippen LogP contribution >= 0.6 is 0 Å². The second-order valence-electron chi connectivity index (χ2n) is 5.79. The van der Waals surface area contributed by atoms with Crippen LogP contribution in [0.15, 0.2) is 109 Å². The maximum atomic E-state index is 10.7. The van der Waals surface area contributed by atoms with Gasteiger partial charge in [-0.1, -0.05) is 97.1 Å². The summed E-state index contributed by atoms with van der Waals surface area (Å²) in [6, 6.07) is 29.2. The second-order valence-corrected chi connectivity index (χ2v) is 5.79. The van der Waals surface area contributed by atoms with Crippen molar-refractivity contribution in [2.45, 2.75) is 12.1 Å². The van der Waals surface area contributed by atoms with Crippen molar-refractivity contribution in [2.24, 2.45) is 4.99 Å². The first-order valence-corrected chi connectivity index (χ1v) is 8.34.